The van der Waals surface area contributed by atoms with Gasteiger partial charge in [0, 0.05) is 19.5 Å². The fourth-order valence-electron chi connectivity index (χ4n) is 1.29. The van der Waals surface area contributed by atoms with E-state index >= 15 is 0 Å². The van der Waals surface area contributed by atoms with Gasteiger partial charge in [-0.25, -0.2) is 13.2 Å². The number of hydrogen-bond acceptors (Lipinski definition) is 7. The number of carbonyl (C=O) groups is 2. The van der Waals surface area contributed by atoms with E-state index in [1.54, 1.807) is 0 Å². The summed E-state index contributed by atoms with van der Waals surface area (Å²) < 4.78 is 156. The van der Waals surface area contributed by atoms with Crippen LogP contribution in [-0.4, -0.2) is 50.2 Å². The van der Waals surface area contributed by atoms with Crippen LogP contribution in [-0.2, 0) is 19.6 Å². The van der Waals surface area contributed by atoms with Crippen LogP contribution in [0.5, 0.6) is 5.75 Å². The standard InChI is InChI=1S/C16H23N3O4.CH4O3S/c1-2-22-15(21)12-7-9-13(10-8-12)23-14(20)6-4-3-5-11-19-16(17)18;1-5(2,3)4/h7-10H,2-6,11H2,1H3,(H4,17,18,19);1H3,(H,2,3,4)/i1D3,2D2,6D2,7D,8D,9D,10D;/hD5. The van der Waals surface area contributed by atoms with E-state index in [0.29, 0.717) is 11.6 Å². The molecular weight excluding hydrogens is 390 g/mol. The molecule has 0 amide bonds. The summed E-state index contributed by atoms with van der Waals surface area (Å²) in [5.74, 6) is -5.26. The Balaban J connectivity index is 0.00000340. The van der Waals surface area contributed by atoms with Gasteiger partial charge in [-0.2, -0.15) is 0 Å². The zero-order valence-corrected chi connectivity index (χ0v) is 15.3. The van der Waals surface area contributed by atoms with Gasteiger partial charge in [0.25, 0.3) is 7.06 Å². The van der Waals surface area contributed by atoms with Crippen LogP contribution in [0.4, 0.5) is 0 Å². The largest absolute Gasteiger partial charge is 0.748 e. The van der Waals surface area contributed by atoms with Crippen LogP contribution in [0, 0.1) is 0 Å². The lowest BCUT2D eigenvalue weighted by atomic mass is 10.2. The molecule has 1 aromatic carbocycles. The first-order chi connectivity index (χ1) is 19.6. The Morgan fingerprint density at radius 1 is 1.43 bits per heavy atom. The van der Waals surface area contributed by atoms with Gasteiger partial charge in [-0.1, -0.05) is 0 Å². The molecule has 11 heteroatoms. The molecule has 0 atom stereocenters. The molecule has 0 aliphatic carbocycles. The molecule has 0 saturated carbocycles. The number of ether oxygens (including phenoxy) is 2. The lowest BCUT2D eigenvalue weighted by Crippen LogP contribution is -2.54. The summed E-state index contributed by atoms with van der Waals surface area (Å²) in [5, 5.41) is 0.324. The van der Waals surface area contributed by atoms with Crippen LogP contribution < -0.4 is 21.2 Å². The van der Waals surface area contributed by atoms with E-state index in [1.165, 1.54) is 0 Å². The maximum Gasteiger partial charge on any atom is 0.338 e. The molecule has 0 spiro atoms. The highest BCUT2D eigenvalue weighted by Gasteiger charge is 2.08. The monoisotopic (exact) mass is 433 g/mol. The van der Waals surface area contributed by atoms with Crippen molar-refractivity contribution in [3.63, 3.8) is 0 Å². The predicted molar refractivity (Wildman–Crippen MR) is 101 cm³/mol. The van der Waals surface area contributed by atoms with Crippen molar-refractivity contribution < 1.29 is 59.6 Å². The number of carbonyl (C=O) groups excluding carboxylic acids is 2. The van der Waals surface area contributed by atoms with Gasteiger partial charge in [0.1, 0.15) is 5.75 Å². The van der Waals surface area contributed by atoms with Crippen LogP contribution >= 0.6 is 0 Å². The number of guanidine groups is 1. The van der Waals surface area contributed by atoms with Crippen molar-refractivity contribution in [2.24, 2.45) is 5.72 Å². The van der Waals surface area contributed by atoms with Crippen LogP contribution in [0.2, 0.25) is 7.06 Å². The van der Waals surface area contributed by atoms with Crippen molar-refractivity contribution >= 4 is 28.0 Å². The molecular formula is C17H27N3O7S. The Bertz CT molecular complexity index is 1310. The molecule has 0 bridgehead atoms. The third kappa shape index (κ3) is 15.6. The minimum atomic E-state index is -3.92. The van der Waals surface area contributed by atoms with Crippen LogP contribution in [0.1, 0.15) is 57.9 Å². The molecule has 1 aromatic rings. The second kappa shape index (κ2) is 13.5. The van der Waals surface area contributed by atoms with Gasteiger partial charge in [-0.15, -0.1) is 0 Å². The SMILES string of the molecule is CS(=O)(=O)[O-].[2H]c1c([2H])c(C(=O)OC([2H])([2H])C([2H])([2H])[2H])c([2H])c([2H])c1OC(=O)C([2H])([2H])CCCCN([2H])C(N([2H])[2H])=[N+]([2H])[2H]. The molecule has 0 fully saturated rings. The first-order valence-corrected chi connectivity index (χ1v) is 9.04. The second-order valence-corrected chi connectivity index (χ2v) is 6.01. The Morgan fingerprint density at radius 3 is 2.68 bits per heavy atom. The highest BCUT2D eigenvalue weighted by Crippen LogP contribution is 2.14. The fraction of sp³-hybridized carbons (Fsp3) is 0.471. The number of nitrogens with two attached hydrogens (primary N) is 2. The smallest absolute Gasteiger partial charge is 0.338 e. The third-order valence-corrected chi connectivity index (χ3v) is 2.25. The third-order valence-electron chi connectivity index (χ3n) is 2.25. The number of rotatable bonds is 9. The van der Waals surface area contributed by atoms with Gasteiger partial charge in [-0.05, 0) is 50.3 Å². The van der Waals surface area contributed by atoms with E-state index in [1.807, 2.05) is 0 Å². The normalized spacial score (nSPS) is 19.6. The quantitative estimate of drug-likeness (QED) is 0.112. The minimum Gasteiger partial charge on any atom is -0.748 e. The lowest BCUT2D eigenvalue weighted by Gasteiger charge is -2.06. The van der Waals surface area contributed by atoms with E-state index < -0.39 is 89.7 Å². The zero-order chi connectivity index (χ0) is 35.2. The molecule has 10 nitrogen and oxygen atoms in total. The van der Waals surface area contributed by atoms with E-state index in [9.17, 15) is 9.59 Å². The summed E-state index contributed by atoms with van der Waals surface area (Å²) in [4.78, 5) is 24.7. The van der Waals surface area contributed by atoms with Crippen molar-refractivity contribution in [3.05, 3.63) is 29.7 Å². The summed E-state index contributed by atoms with van der Waals surface area (Å²) in [7, 11) is -3.92. The summed E-state index contributed by atoms with van der Waals surface area (Å²) in [6.45, 7) is -7.22. The summed E-state index contributed by atoms with van der Waals surface area (Å²) >= 11 is 0. The van der Waals surface area contributed by atoms with E-state index in [0.717, 1.165) is 0 Å². The van der Waals surface area contributed by atoms with Gasteiger partial charge in [-0.3, -0.25) is 21.2 Å². The molecule has 28 heavy (non-hydrogen) atoms. The van der Waals surface area contributed by atoms with Gasteiger partial charge < -0.3 is 14.0 Å². The highest BCUT2D eigenvalue weighted by molar-refractivity contribution is 7.84. The number of unbranched alkanes of at least 4 members (excludes halogenated alkanes) is 1. The first kappa shape index (κ1) is 9.23. The van der Waals surface area contributed by atoms with E-state index in [2.05, 4.69) is 4.74 Å². The Labute approximate surface area is 187 Å². The molecule has 158 valence electrons. The average molecular weight is 434 g/mol. The van der Waals surface area contributed by atoms with Crippen molar-refractivity contribution in [1.82, 2.24) is 5.31 Å². The van der Waals surface area contributed by atoms with Gasteiger partial charge in [0.15, 0.2) is 0 Å². The zero-order valence-electron chi connectivity index (χ0n) is 30.4. The Kier molecular flexibility index (Phi) is 4.45. The summed E-state index contributed by atoms with van der Waals surface area (Å²) in [6.07, 6.45) is -2.75. The average Bonchev–Trinajstić information content (AvgIpc) is 2.80. The summed E-state index contributed by atoms with van der Waals surface area (Å²) in [5.41, 5.74) is -1.29. The van der Waals surface area contributed by atoms with Gasteiger partial charge in [0.2, 0.25) is 0 Å². The molecule has 0 aliphatic heterocycles. The van der Waals surface area contributed by atoms with Gasteiger partial charge in [0.05, 0.1) is 37.0 Å². The lowest BCUT2D eigenvalue weighted by molar-refractivity contribution is -0.134. The maximum atomic E-state index is 12.4. The molecule has 0 aromatic heterocycles. The number of nitrogens with one attached hydrogen (secondary N) is 1. The van der Waals surface area contributed by atoms with Crippen molar-refractivity contribution in [2.75, 3.05) is 19.4 Å². The van der Waals surface area contributed by atoms with Crippen LogP contribution in [0.3, 0.4) is 0 Å². The molecule has 0 saturated heterocycles. The topological polar surface area (TPSA) is 173 Å². The van der Waals surface area contributed by atoms with Crippen LogP contribution in [0.25, 0.3) is 0 Å². The fourth-order valence-corrected chi connectivity index (χ4v) is 1.29. The summed E-state index contributed by atoms with van der Waals surface area (Å²) in [6, 6.07) is -4.58. The number of esters is 2. The molecule has 1 rings (SSSR count). The van der Waals surface area contributed by atoms with Crippen LogP contribution in [0.15, 0.2) is 24.2 Å². The Morgan fingerprint density at radius 2 is 2.11 bits per heavy atom. The number of benzene rings is 1. The first-order valence-electron chi connectivity index (χ1n) is 15.0. The van der Waals surface area contributed by atoms with E-state index in [-0.39, 0.29) is 30.5 Å². The molecule has 0 heterocycles. The minimum absolute atomic E-state index is 0.00312. The van der Waals surface area contributed by atoms with E-state index in [4.69, 9.17) is 39.8 Å². The Hall–Kier alpha value is -2.66. The molecule has 0 unspecified atom stereocenters. The van der Waals surface area contributed by atoms with Gasteiger partial charge >= 0.3 is 17.9 Å². The second-order valence-electron chi connectivity index (χ2n) is 4.60. The maximum absolute atomic E-state index is 12.4. The molecule has 5 N–H and O–H groups in total. The highest BCUT2D eigenvalue weighted by atomic mass is 32.2. The number of hydrogen-bond donors (Lipinski definition) is 3. The van der Waals surface area contributed by atoms with Crippen molar-refractivity contribution in [2.45, 2.75) is 32.5 Å². The molecule has 0 radical (unpaired) electrons. The molecule has 0 aliphatic rings. The van der Waals surface area contributed by atoms with Crippen molar-refractivity contribution in [3.8, 4) is 5.75 Å². The predicted octanol–water partition coefficient (Wildman–Crippen LogP) is -0.846. The van der Waals surface area contributed by atoms with Crippen molar-refractivity contribution in [1.29, 1.82) is 0 Å².